The maximum absolute atomic E-state index is 11.9. The summed E-state index contributed by atoms with van der Waals surface area (Å²) in [5, 5.41) is 7.28. The van der Waals surface area contributed by atoms with Gasteiger partial charge in [-0.2, -0.15) is 13.9 Å². The van der Waals surface area contributed by atoms with Crippen molar-refractivity contribution in [1.82, 2.24) is 10.2 Å². The average molecular weight is 263 g/mol. The zero-order chi connectivity index (χ0) is 10.1. The number of aromatic nitrogens is 2. The number of fused-ring (bicyclic) bond motifs is 1. The second-order valence-corrected chi connectivity index (χ2v) is 3.47. The van der Waals surface area contributed by atoms with Gasteiger partial charge in [-0.1, -0.05) is 0 Å². The molecule has 6 heteroatoms. The highest BCUT2D eigenvalue weighted by Gasteiger charge is 2.08. The van der Waals surface area contributed by atoms with E-state index in [9.17, 15) is 8.78 Å². The zero-order valence-corrected chi connectivity index (χ0v) is 8.38. The molecule has 1 aromatic heterocycles. The van der Waals surface area contributed by atoms with Gasteiger partial charge in [0, 0.05) is 15.9 Å². The Morgan fingerprint density at radius 2 is 2.21 bits per heavy atom. The third-order valence-corrected chi connectivity index (χ3v) is 2.36. The van der Waals surface area contributed by atoms with E-state index >= 15 is 0 Å². The second kappa shape index (κ2) is 3.53. The molecule has 0 saturated heterocycles. The molecule has 0 radical (unpaired) electrons. The Bertz CT molecular complexity index is 458. The number of hydrogen-bond donors (Lipinski definition) is 1. The molecular weight excluding hydrogens is 258 g/mol. The molecule has 0 aliphatic rings. The normalized spacial score (nSPS) is 11.1. The Morgan fingerprint density at radius 3 is 2.93 bits per heavy atom. The van der Waals surface area contributed by atoms with Gasteiger partial charge >= 0.3 is 6.61 Å². The quantitative estimate of drug-likeness (QED) is 0.904. The Morgan fingerprint density at radius 1 is 1.43 bits per heavy atom. The minimum absolute atomic E-state index is 0.101. The molecule has 1 heterocycles. The maximum atomic E-state index is 11.9. The number of ether oxygens (including phenoxy) is 1. The van der Waals surface area contributed by atoms with Crippen molar-refractivity contribution in [3.8, 4) is 5.75 Å². The fourth-order valence-electron chi connectivity index (χ4n) is 1.15. The van der Waals surface area contributed by atoms with Crippen LogP contribution in [0.3, 0.4) is 0 Å². The molecule has 14 heavy (non-hydrogen) atoms. The summed E-state index contributed by atoms with van der Waals surface area (Å²) in [5.74, 6) is 0.101. The van der Waals surface area contributed by atoms with Crippen LogP contribution >= 0.6 is 15.9 Å². The van der Waals surface area contributed by atoms with Crippen molar-refractivity contribution in [2.75, 3.05) is 0 Å². The number of rotatable bonds is 2. The van der Waals surface area contributed by atoms with E-state index in [0.717, 1.165) is 5.39 Å². The molecule has 0 spiro atoms. The SMILES string of the molecule is FC(F)Oc1cc(Br)c2cn[nH]c2c1. The highest BCUT2D eigenvalue weighted by Crippen LogP contribution is 2.28. The fourth-order valence-corrected chi connectivity index (χ4v) is 1.70. The standard InChI is InChI=1S/C8H5BrF2N2O/c9-6-1-4(14-8(10)11)2-7-5(6)3-12-13-7/h1-3,8H,(H,12,13). The van der Waals surface area contributed by atoms with Crippen molar-refractivity contribution in [3.05, 3.63) is 22.8 Å². The fraction of sp³-hybridized carbons (Fsp3) is 0.125. The van der Waals surface area contributed by atoms with Crippen LogP contribution in [0.1, 0.15) is 0 Å². The summed E-state index contributed by atoms with van der Waals surface area (Å²) in [6, 6.07) is 2.95. The highest BCUT2D eigenvalue weighted by molar-refractivity contribution is 9.10. The van der Waals surface area contributed by atoms with E-state index in [1.807, 2.05) is 0 Å². The van der Waals surface area contributed by atoms with Gasteiger partial charge in [-0.3, -0.25) is 5.10 Å². The minimum atomic E-state index is -2.82. The molecule has 74 valence electrons. The number of H-pyrrole nitrogens is 1. The number of alkyl halides is 2. The second-order valence-electron chi connectivity index (χ2n) is 2.61. The molecule has 1 aromatic carbocycles. The third kappa shape index (κ3) is 1.70. The number of nitrogens with zero attached hydrogens (tertiary/aromatic N) is 1. The molecule has 1 N–H and O–H groups in total. The molecular formula is C8H5BrF2N2O. The molecule has 0 aliphatic heterocycles. The van der Waals surface area contributed by atoms with Crippen LogP contribution in [0.25, 0.3) is 10.9 Å². The summed E-state index contributed by atoms with van der Waals surface area (Å²) in [7, 11) is 0. The molecule has 0 fully saturated rings. The number of benzene rings is 1. The molecule has 0 aliphatic carbocycles. The van der Waals surface area contributed by atoms with E-state index in [4.69, 9.17) is 0 Å². The van der Waals surface area contributed by atoms with Crippen molar-refractivity contribution in [2.45, 2.75) is 6.61 Å². The van der Waals surface area contributed by atoms with E-state index in [0.29, 0.717) is 9.99 Å². The predicted octanol–water partition coefficient (Wildman–Crippen LogP) is 2.93. The Hall–Kier alpha value is -1.17. The van der Waals surface area contributed by atoms with Crippen LogP contribution in [0.5, 0.6) is 5.75 Å². The van der Waals surface area contributed by atoms with Gasteiger partial charge in [0.15, 0.2) is 0 Å². The van der Waals surface area contributed by atoms with E-state index in [1.54, 1.807) is 6.20 Å². The lowest BCUT2D eigenvalue weighted by atomic mass is 10.2. The van der Waals surface area contributed by atoms with Crippen LogP contribution < -0.4 is 4.74 Å². The molecule has 0 atom stereocenters. The van der Waals surface area contributed by atoms with Crippen molar-refractivity contribution in [3.63, 3.8) is 0 Å². The summed E-state index contributed by atoms with van der Waals surface area (Å²) in [5.41, 5.74) is 0.648. The van der Waals surface area contributed by atoms with E-state index in [2.05, 4.69) is 30.9 Å². The van der Waals surface area contributed by atoms with Gasteiger partial charge in [0.2, 0.25) is 0 Å². The van der Waals surface area contributed by atoms with Crippen molar-refractivity contribution in [1.29, 1.82) is 0 Å². The van der Waals surface area contributed by atoms with Crippen LogP contribution in [-0.4, -0.2) is 16.8 Å². The van der Waals surface area contributed by atoms with E-state index in [-0.39, 0.29) is 5.75 Å². The summed E-state index contributed by atoms with van der Waals surface area (Å²) in [6.45, 7) is -2.82. The first-order chi connectivity index (χ1) is 6.66. The number of aromatic amines is 1. The Labute approximate surface area is 86.2 Å². The molecule has 0 bridgehead atoms. The van der Waals surface area contributed by atoms with Gasteiger partial charge < -0.3 is 4.74 Å². The largest absolute Gasteiger partial charge is 0.435 e. The molecule has 2 rings (SSSR count). The lowest BCUT2D eigenvalue weighted by molar-refractivity contribution is -0.0497. The van der Waals surface area contributed by atoms with Crippen LogP contribution in [0.15, 0.2) is 22.8 Å². The van der Waals surface area contributed by atoms with Crippen LogP contribution in [0.4, 0.5) is 8.78 Å². The minimum Gasteiger partial charge on any atom is -0.435 e. The lowest BCUT2D eigenvalue weighted by Gasteiger charge is -2.04. The highest BCUT2D eigenvalue weighted by atomic mass is 79.9. The van der Waals surface area contributed by atoms with Crippen molar-refractivity contribution < 1.29 is 13.5 Å². The molecule has 3 nitrogen and oxygen atoms in total. The maximum Gasteiger partial charge on any atom is 0.387 e. The zero-order valence-electron chi connectivity index (χ0n) is 6.80. The van der Waals surface area contributed by atoms with Crippen LogP contribution in [-0.2, 0) is 0 Å². The van der Waals surface area contributed by atoms with E-state index in [1.165, 1.54) is 12.1 Å². The van der Waals surface area contributed by atoms with Crippen molar-refractivity contribution >= 4 is 26.8 Å². The first-order valence-corrected chi connectivity index (χ1v) is 4.53. The average Bonchev–Trinajstić information content (AvgIpc) is 2.50. The van der Waals surface area contributed by atoms with Gasteiger partial charge in [0.05, 0.1) is 11.7 Å². The smallest absolute Gasteiger partial charge is 0.387 e. The predicted molar refractivity (Wildman–Crippen MR) is 50.4 cm³/mol. The molecule has 0 unspecified atom stereocenters. The summed E-state index contributed by atoms with van der Waals surface area (Å²) < 4.78 is 28.8. The lowest BCUT2D eigenvalue weighted by Crippen LogP contribution is -2.01. The Balaban J connectivity index is 2.47. The first-order valence-electron chi connectivity index (χ1n) is 3.74. The first kappa shape index (κ1) is 9.39. The number of halogens is 3. The molecule has 0 saturated carbocycles. The summed E-state index contributed by atoms with van der Waals surface area (Å²) >= 11 is 3.23. The van der Waals surface area contributed by atoms with Gasteiger partial charge in [-0.25, -0.2) is 0 Å². The summed E-state index contributed by atoms with van der Waals surface area (Å²) in [4.78, 5) is 0. The van der Waals surface area contributed by atoms with Gasteiger partial charge in [0.25, 0.3) is 0 Å². The van der Waals surface area contributed by atoms with Crippen LogP contribution in [0.2, 0.25) is 0 Å². The van der Waals surface area contributed by atoms with Crippen molar-refractivity contribution in [2.24, 2.45) is 0 Å². The summed E-state index contributed by atoms with van der Waals surface area (Å²) in [6.07, 6.45) is 1.60. The number of hydrogen-bond acceptors (Lipinski definition) is 2. The van der Waals surface area contributed by atoms with Gasteiger partial charge in [-0.05, 0) is 22.0 Å². The number of nitrogens with one attached hydrogen (secondary N) is 1. The van der Waals surface area contributed by atoms with E-state index < -0.39 is 6.61 Å². The van der Waals surface area contributed by atoms with Gasteiger partial charge in [0.1, 0.15) is 5.75 Å². The Kier molecular flexibility index (Phi) is 2.37. The monoisotopic (exact) mass is 262 g/mol. The van der Waals surface area contributed by atoms with Crippen LogP contribution in [0, 0.1) is 0 Å². The molecule has 2 aromatic rings. The molecule has 0 amide bonds. The topological polar surface area (TPSA) is 37.9 Å². The third-order valence-electron chi connectivity index (χ3n) is 1.71. The van der Waals surface area contributed by atoms with Gasteiger partial charge in [-0.15, -0.1) is 0 Å².